The molecular formula is C15H19FN4O2S. The van der Waals surface area contributed by atoms with E-state index in [1.807, 2.05) is 6.07 Å². The second kappa shape index (κ2) is 6.66. The molecule has 0 aromatic carbocycles. The van der Waals surface area contributed by atoms with Gasteiger partial charge in [-0.05, 0) is 25.3 Å². The Balaban J connectivity index is 1.74. The normalized spacial score (nSPS) is 14.7. The van der Waals surface area contributed by atoms with Crippen molar-refractivity contribution >= 4 is 33.4 Å². The molecule has 2 aromatic rings. The first-order valence-corrected chi connectivity index (χ1v) is 8.49. The van der Waals surface area contributed by atoms with E-state index in [9.17, 15) is 14.0 Å². The van der Waals surface area contributed by atoms with Crippen molar-refractivity contribution < 1.29 is 14.0 Å². The number of carbonyl (C=O) groups is 2. The summed E-state index contributed by atoms with van der Waals surface area (Å²) >= 11 is 1.39. The van der Waals surface area contributed by atoms with Gasteiger partial charge in [0.15, 0.2) is 0 Å². The minimum Gasteiger partial charge on any atom is -0.350 e. The molecular weight excluding hydrogens is 319 g/mol. The molecule has 0 aliphatic heterocycles. The van der Waals surface area contributed by atoms with Crippen LogP contribution < -0.4 is 10.6 Å². The van der Waals surface area contributed by atoms with Crippen LogP contribution in [0.5, 0.6) is 0 Å². The average Bonchev–Trinajstić information content (AvgIpc) is 3.02. The van der Waals surface area contributed by atoms with E-state index >= 15 is 0 Å². The van der Waals surface area contributed by atoms with Crippen LogP contribution >= 0.6 is 11.3 Å². The topological polar surface area (TPSA) is 76.0 Å². The molecule has 0 bridgehead atoms. The SMILES string of the molecule is Cn1nc(CNC(=O)CCF)c2cc(C(=O)NC3CCC3)sc21. The number of fused-ring (bicyclic) bond motifs is 1. The second-order valence-corrected chi connectivity index (χ2v) is 6.75. The van der Waals surface area contributed by atoms with E-state index in [0.717, 1.165) is 23.1 Å². The summed E-state index contributed by atoms with van der Waals surface area (Å²) in [7, 11) is 1.80. The summed E-state index contributed by atoms with van der Waals surface area (Å²) in [5, 5.41) is 10.9. The molecule has 0 unspecified atom stereocenters. The molecule has 23 heavy (non-hydrogen) atoms. The predicted molar refractivity (Wildman–Crippen MR) is 86.1 cm³/mol. The van der Waals surface area contributed by atoms with E-state index in [4.69, 9.17) is 0 Å². The van der Waals surface area contributed by atoms with E-state index < -0.39 is 6.67 Å². The van der Waals surface area contributed by atoms with E-state index in [2.05, 4.69) is 15.7 Å². The highest BCUT2D eigenvalue weighted by Crippen LogP contribution is 2.28. The van der Waals surface area contributed by atoms with Crippen molar-refractivity contribution in [2.24, 2.45) is 7.05 Å². The van der Waals surface area contributed by atoms with Crippen molar-refractivity contribution in [3.63, 3.8) is 0 Å². The van der Waals surface area contributed by atoms with Gasteiger partial charge in [0.25, 0.3) is 5.91 Å². The zero-order valence-corrected chi connectivity index (χ0v) is 13.7. The third-order valence-corrected chi connectivity index (χ3v) is 5.23. The largest absolute Gasteiger partial charge is 0.350 e. The third-order valence-electron chi connectivity index (χ3n) is 4.03. The number of aromatic nitrogens is 2. The van der Waals surface area contributed by atoms with Crippen LogP contribution in [0, 0.1) is 0 Å². The van der Waals surface area contributed by atoms with Crippen LogP contribution in [0.4, 0.5) is 4.39 Å². The molecule has 8 heteroatoms. The maximum Gasteiger partial charge on any atom is 0.261 e. The molecule has 124 valence electrons. The lowest BCUT2D eigenvalue weighted by Crippen LogP contribution is -2.39. The van der Waals surface area contributed by atoms with Crippen molar-refractivity contribution in [2.75, 3.05) is 6.67 Å². The molecule has 1 fully saturated rings. The van der Waals surface area contributed by atoms with Gasteiger partial charge in [-0.15, -0.1) is 11.3 Å². The van der Waals surface area contributed by atoms with Gasteiger partial charge in [-0.2, -0.15) is 5.10 Å². The first-order chi connectivity index (χ1) is 11.1. The quantitative estimate of drug-likeness (QED) is 0.844. The Morgan fingerprint density at radius 1 is 1.48 bits per heavy atom. The molecule has 1 aliphatic rings. The first-order valence-electron chi connectivity index (χ1n) is 7.67. The average molecular weight is 338 g/mol. The maximum atomic E-state index is 12.2. The number of nitrogens with one attached hydrogen (secondary N) is 2. The van der Waals surface area contributed by atoms with Crippen LogP contribution in [0.1, 0.15) is 41.0 Å². The highest BCUT2D eigenvalue weighted by molar-refractivity contribution is 7.20. The number of rotatable bonds is 6. The van der Waals surface area contributed by atoms with Crippen molar-refractivity contribution in [1.29, 1.82) is 0 Å². The fourth-order valence-electron chi connectivity index (χ4n) is 2.52. The monoisotopic (exact) mass is 338 g/mol. The third kappa shape index (κ3) is 3.36. The molecule has 1 saturated carbocycles. The number of thiophene rings is 1. The van der Waals surface area contributed by atoms with Gasteiger partial charge in [0.2, 0.25) is 5.91 Å². The summed E-state index contributed by atoms with van der Waals surface area (Å²) in [4.78, 5) is 25.2. The lowest BCUT2D eigenvalue weighted by Gasteiger charge is -2.25. The molecule has 0 spiro atoms. The van der Waals surface area contributed by atoms with E-state index in [-0.39, 0.29) is 24.8 Å². The Morgan fingerprint density at radius 2 is 2.26 bits per heavy atom. The predicted octanol–water partition coefficient (Wildman–Crippen LogP) is 1.89. The molecule has 2 heterocycles. The lowest BCUT2D eigenvalue weighted by molar-refractivity contribution is -0.121. The second-order valence-electron chi connectivity index (χ2n) is 5.72. The minimum absolute atomic E-state index is 0.0525. The highest BCUT2D eigenvalue weighted by Gasteiger charge is 2.22. The van der Waals surface area contributed by atoms with Gasteiger partial charge < -0.3 is 10.6 Å². The Kier molecular flexibility index (Phi) is 4.61. The standard InChI is InChI=1S/C15H19FN4O2S/c1-20-15-10(11(19-20)8-17-13(21)5-6-16)7-12(23-15)14(22)18-9-3-2-4-9/h7,9H,2-6,8H2,1H3,(H,17,21)(H,18,22). The summed E-state index contributed by atoms with van der Waals surface area (Å²) in [6, 6.07) is 2.11. The van der Waals surface area contributed by atoms with Crippen molar-refractivity contribution in [3.8, 4) is 0 Å². The molecule has 2 N–H and O–H groups in total. The van der Waals surface area contributed by atoms with Gasteiger partial charge in [0.05, 0.1) is 30.2 Å². The molecule has 1 aliphatic carbocycles. The Bertz CT molecular complexity index is 735. The summed E-state index contributed by atoms with van der Waals surface area (Å²) in [6.07, 6.45) is 3.12. The molecule has 0 atom stereocenters. The number of hydrogen-bond acceptors (Lipinski definition) is 4. The Labute approximate surface area is 137 Å². The summed E-state index contributed by atoms with van der Waals surface area (Å²) < 4.78 is 13.8. The minimum atomic E-state index is -0.673. The highest BCUT2D eigenvalue weighted by atomic mass is 32.1. The number of amides is 2. The molecule has 0 saturated heterocycles. The summed E-state index contributed by atoms with van der Waals surface area (Å²) in [5.41, 5.74) is 0.689. The number of aryl methyl sites for hydroxylation is 1. The first kappa shape index (κ1) is 15.9. The number of nitrogens with zero attached hydrogens (tertiary/aromatic N) is 2. The van der Waals surface area contributed by atoms with Crippen molar-refractivity contribution in [2.45, 2.75) is 38.3 Å². The number of alkyl halides is 1. The van der Waals surface area contributed by atoms with Crippen LogP contribution in [0.3, 0.4) is 0 Å². The van der Waals surface area contributed by atoms with E-state index in [0.29, 0.717) is 16.6 Å². The zero-order chi connectivity index (χ0) is 16.4. The van der Waals surface area contributed by atoms with Crippen LogP contribution in [0.25, 0.3) is 10.2 Å². The summed E-state index contributed by atoms with van der Waals surface area (Å²) in [6.45, 7) is -0.440. The fraction of sp³-hybridized carbons (Fsp3) is 0.533. The van der Waals surface area contributed by atoms with Crippen LogP contribution in [0.2, 0.25) is 0 Å². The molecule has 3 rings (SSSR count). The Morgan fingerprint density at radius 3 is 2.91 bits per heavy atom. The van der Waals surface area contributed by atoms with E-state index in [1.54, 1.807) is 11.7 Å². The number of carbonyl (C=O) groups excluding carboxylic acids is 2. The molecule has 6 nitrogen and oxygen atoms in total. The lowest BCUT2D eigenvalue weighted by atomic mass is 9.93. The van der Waals surface area contributed by atoms with Crippen molar-refractivity contribution in [1.82, 2.24) is 20.4 Å². The summed E-state index contributed by atoms with van der Waals surface area (Å²) in [5.74, 6) is -0.396. The van der Waals surface area contributed by atoms with Crippen LogP contribution in [-0.2, 0) is 18.4 Å². The Hall–Kier alpha value is -1.96. The van der Waals surface area contributed by atoms with Gasteiger partial charge >= 0.3 is 0 Å². The fourth-order valence-corrected chi connectivity index (χ4v) is 3.51. The molecule has 2 aromatic heterocycles. The van der Waals surface area contributed by atoms with Gasteiger partial charge in [-0.1, -0.05) is 0 Å². The van der Waals surface area contributed by atoms with Gasteiger partial charge in [0, 0.05) is 18.5 Å². The number of hydrogen-bond donors (Lipinski definition) is 2. The molecule has 2 amide bonds. The van der Waals surface area contributed by atoms with Crippen LogP contribution in [-0.4, -0.2) is 34.3 Å². The van der Waals surface area contributed by atoms with Gasteiger partial charge in [0.1, 0.15) is 4.83 Å². The molecule has 0 radical (unpaired) electrons. The maximum absolute atomic E-state index is 12.2. The smallest absolute Gasteiger partial charge is 0.261 e. The van der Waals surface area contributed by atoms with Gasteiger partial charge in [-0.25, -0.2) is 0 Å². The number of halogens is 1. The van der Waals surface area contributed by atoms with E-state index in [1.165, 1.54) is 17.8 Å². The van der Waals surface area contributed by atoms with Gasteiger partial charge in [-0.3, -0.25) is 18.7 Å². The zero-order valence-electron chi connectivity index (χ0n) is 12.9. The van der Waals surface area contributed by atoms with Crippen LogP contribution in [0.15, 0.2) is 6.07 Å². The van der Waals surface area contributed by atoms with Crippen molar-refractivity contribution in [3.05, 3.63) is 16.6 Å².